The lowest BCUT2D eigenvalue weighted by atomic mass is 9.93. The summed E-state index contributed by atoms with van der Waals surface area (Å²) >= 11 is 11.9. The van der Waals surface area contributed by atoms with Crippen LogP contribution in [-0.2, 0) is 21.2 Å². The molecule has 1 saturated heterocycles. The van der Waals surface area contributed by atoms with Crippen molar-refractivity contribution in [3.8, 4) is 0 Å². The van der Waals surface area contributed by atoms with Crippen molar-refractivity contribution in [1.82, 2.24) is 4.72 Å². The largest absolute Gasteiger partial charge is 0.381 e. The van der Waals surface area contributed by atoms with Crippen LogP contribution in [-0.4, -0.2) is 33.9 Å². The van der Waals surface area contributed by atoms with E-state index in [-0.39, 0.29) is 5.92 Å². The molecule has 1 heterocycles. The smallest absolute Gasteiger partial charge is 0.214 e. The normalized spacial score (nSPS) is 23.8. The zero-order chi connectivity index (χ0) is 14.8. The highest BCUT2D eigenvalue weighted by Gasteiger charge is 2.35. The van der Waals surface area contributed by atoms with Crippen molar-refractivity contribution in [2.24, 2.45) is 5.92 Å². The Hall–Kier alpha value is -0.330. The molecule has 1 aromatic carbocycles. The molecular weight excluding hydrogens is 321 g/mol. The van der Waals surface area contributed by atoms with Crippen molar-refractivity contribution >= 4 is 33.2 Å². The number of rotatable bonds is 4. The number of halogens is 2. The zero-order valence-corrected chi connectivity index (χ0v) is 13.4. The predicted octanol–water partition coefficient (Wildman–Crippen LogP) is 2.49. The molecule has 1 fully saturated rings. The molecule has 0 aromatic heterocycles. The van der Waals surface area contributed by atoms with Crippen LogP contribution in [0.5, 0.6) is 0 Å². The molecule has 7 heteroatoms. The summed E-state index contributed by atoms with van der Waals surface area (Å²) in [6.07, 6.45) is 1.11. The van der Waals surface area contributed by atoms with Gasteiger partial charge in [-0.2, -0.15) is 0 Å². The fraction of sp³-hybridized carbons (Fsp3) is 0.538. The van der Waals surface area contributed by atoms with Crippen LogP contribution < -0.4 is 4.72 Å². The Bertz CT molecular complexity index is 577. The van der Waals surface area contributed by atoms with Crippen molar-refractivity contribution < 1.29 is 13.2 Å². The maximum atomic E-state index is 12.1. The van der Waals surface area contributed by atoms with Gasteiger partial charge in [-0.3, -0.25) is 0 Å². The molecule has 1 aromatic rings. The molecular formula is C13H17Cl2NO3S. The summed E-state index contributed by atoms with van der Waals surface area (Å²) in [7, 11) is -1.85. The van der Waals surface area contributed by atoms with Gasteiger partial charge in [0.15, 0.2) is 0 Å². The van der Waals surface area contributed by atoms with Crippen LogP contribution in [0.15, 0.2) is 18.2 Å². The summed E-state index contributed by atoms with van der Waals surface area (Å²) in [5.41, 5.74) is 0.964. The van der Waals surface area contributed by atoms with Crippen molar-refractivity contribution in [3.05, 3.63) is 33.8 Å². The van der Waals surface area contributed by atoms with Crippen LogP contribution in [0.25, 0.3) is 0 Å². The van der Waals surface area contributed by atoms with Crippen LogP contribution in [0.3, 0.4) is 0 Å². The van der Waals surface area contributed by atoms with E-state index >= 15 is 0 Å². The topological polar surface area (TPSA) is 55.4 Å². The monoisotopic (exact) mass is 337 g/mol. The van der Waals surface area contributed by atoms with Gasteiger partial charge < -0.3 is 4.74 Å². The number of ether oxygens (including phenoxy) is 1. The molecule has 20 heavy (non-hydrogen) atoms. The third kappa shape index (κ3) is 3.65. The maximum Gasteiger partial charge on any atom is 0.214 e. The summed E-state index contributed by atoms with van der Waals surface area (Å²) in [4.78, 5) is 0. The average Bonchev–Trinajstić information content (AvgIpc) is 2.43. The Morgan fingerprint density at radius 2 is 2.10 bits per heavy atom. The highest BCUT2D eigenvalue weighted by molar-refractivity contribution is 7.90. The minimum Gasteiger partial charge on any atom is -0.381 e. The second-order valence-corrected chi connectivity index (χ2v) is 7.78. The van der Waals surface area contributed by atoms with E-state index in [2.05, 4.69) is 4.72 Å². The van der Waals surface area contributed by atoms with Crippen LogP contribution in [0, 0.1) is 5.92 Å². The first kappa shape index (κ1) is 16.0. The van der Waals surface area contributed by atoms with Crippen LogP contribution in [0.2, 0.25) is 10.0 Å². The number of benzene rings is 1. The first-order valence-electron chi connectivity index (χ1n) is 6.38. The van der Waals surface area contributed by atoms with E-state index in [0.29, 0.717) is 36.1 Å². The number of sulfonamides is 1. The van der Waals surface area contributed by atoms with Gasteiger partial charge in [-0.1, -0.05) is 29.3 Å². The standard InChI is InChI=1S/C13H17Cl2NO3S/c1-16-20(17,18)13-4-5-19-8-10(13)6-9-2-3-11(14)12(15)7-9/h2-3,7,10,13,16H,4-6,8H2,1H3/t10-,13+/m0/s1. The fourth-order valence-electron chi connectivity index (χ4n) is 2.50. The maximum absolute atomic E-state index is 12.1. The number of nitrogens with one attached hydrogen (secondary N) is 1. The molecule has 0 amide bonds. The molecule has 4 nitrogen and oxygen atoms in total. The van der Waals surface area contributed by atoms with Crippen molar-refractivity contribution in [3.63, 3.8) is 0 Å². The van der Waals surface area contributed by atoms with E-state index in [1.165, 1.54) is 7.05 Å². The zero-order valence-electron chi connectivity index (χ0n) is 11.1. The Morgan fingerprint density at radius 1 is 1.35 bits per heavy atom. The molecule has 0 radical (unpaired) electrons. The van der Waals surface area contributed by atoms with Gasteiger partial charge in [-0.05, 0) is 37.6 Å². The van der Waals surface area contributed by atoms with E-state index < -0.39 is 15.3 Å². The highest BCUT2D eigenvalue weighted by Crippen LogP contribution is 2.28. The second-order valence-electron chi connectivity index (χ2n) is 4.86. The summed E-state index contributed by atoms with van der Waals surface area (Å²) < 4.78 is 32.0. The Morgan fingerprint density at radius 3 is 2.75 bits per heavy atom. The van der Waals surface area contributed by atoms with E-state index in [1.807, 2.05) is 6.07 Å². The minimum absolute atomic E-state index is 0.0848. The van der Waals surface area contributed by atoms with Crippen molar-refractivity contribution in [1.29, 1.82) is 0 Å². The minimum atomic E-state index is -3.30. The molecule has 0 saturated carbocycles. The quantitative estimate of drug-likeness (QED) is 0.918. The third-order valence-electron chi connectivity index (χ3n) is 3.57. The van der Waals surface area contributed by atoms with Crippen LogP contribution in [0.4, 0.5) is 0 Å². The predicted molar refractivity (Wildman–Crippen MR) is 80.9 cm³/mol. The Kier molecular flexibility index (Phi) is 5.31. The lowest BCUT2D eigenvalue weighted by Gasteiger charge is -2.31. The highest BCUT2D eigenvalue weighted by atomic mass is 35.5. The summed E-state index contributed by atoms with van der Waals surface area (Å²) in [5, 5.41) is 0.541. The number of hydrogen-bond acceptors (Lipinski definition) is 3. The molecule has 112 valence electrons. The Labute approximate surface area is 129 Å². The lowest BCUT2D eigenvalue weighted by Crippen LogP contribution is -2.43. The first-order chi connectivity index (χ1) is 9.44. The van der Waals surface area contributed by atoms with E-state index in [4.69, 9.17) is 27.9 Å². The molecule has 0 bridgehead atoms. The van der Waals surface area contributed by atoms with E-state index in [9.17, 15) is 8.42 Å². The summed E-state index contributed by atoms with van der Waals surface area (Å²) in [5.74, 6) is -0.0848. The van der Waals surface area contributed by atoms with E-state index in [1.54, 1.807) is 12.1 Å². The Balaban J connectivity index is 2.18. The lowest BCUT2D eigenvalue weighted by molar-refractivity contribution is 0.0570. The van der Waals surface area contributed by atoms with Crippen LogP contribution in [0.1, 0.15) is 12.0 Å². The molecule has 2 atom stereocenters. The van der Waals surface area contributed by atoms with Gasteiger partial charge in [0.1, 0.15) is 0 Å². The summed E-state index contributed by atoms with van der Waals surface area (Å²) in [6, 6.07) is 5.37. The number of hydrogen-bond donors (Lipinski definition) is 1. The third-order valence-corrected chi connectivity index (χ3v) is 6.30. The fourth-order valence-corrected chi connectivity index (χ4v) is 4.21. The summed E-state index contributed by atoms with van der Waals surface area (Å²) in [6.45, 7) is 0.912. The molecule has 2 rings (SSSR count). The van der Waals surface area contributed by atoms with E-state index in [0.717, 1.165) is 5.56 Å². The van der Waals surface area contributed by atoms with Gasteiger partial charge in [0.25, 0.3) is 0 Å². The molecule has 0 spiro atoms. The molecule has 1 N–H and O–H groups in total. The van der Waals surface area contributed by atoms with Crippen molar-refractivity contribution in [2.75, 3.05) is 20.3 Å². The van der Waals surface area contributed by atoms with Gasteiger partial charge >= 0.3 is 0 Å². The molecule has 1 aliphatic heterocycles. The van der Waals surface area contributed by atoms with Gasteiger partial charge in [0, 0.05) is 12.5 Å². The van der Waals surface area contributed by atoms with Crippen LogP contribution >= 0.6 is 23.2 Å². The first-order valence-corrected chi connectivity index (χ1v) is 8.68. The van der Waals surface area contributed by atoms with Gasteiger partial charge in [0.2, 0.25) is 10.0 Å². The SMILES string of the molecule is CNS(=O)(=O)[C@@H]1CCOC[C@@H]1Cc1ccc(Cl)c(Cl)c1. The van der Waals surface area contributed by atoms with Crippen molar-refractivity contribution in [2.45, 2.75) is 18.1 Å². The molecule has 0 unspecified atom stereocenters. The average molecular weight is 338 g/mol. The van der Waals surface area contributed by atoms with Gasteiger partial charge in [0.05, 0.1) is 21.9 Å². The van der Waals surface area contributed by atoms with Gasteiger partial charge in [-0.25, -0.2) is 13.1 Å². The second kappa shape index (κ2) is 6.62. The van der Waals surface area contributed by atoms with Gasteiger partial charge in [-0.15, -0.1) is 0 Å². The molecule has 1 aliphatic rings. The molecule has 0 aliphatic carbocycles.